The van der Waals surface area contributed by atoms with Crippen molar-refractivity contribution in [3.05, 3.63) is 0 Å². The molecule has 176 valence electrons. The van der Waals surface area contributed by atoms with Crippen molar-refractivity contribution >= 4 is 5.78 Å². The third kappa shape index (κ3) is 2.65. The van der Waals surface area contributed by atoms with Crippen LogP contribution in [0.1, 0.15) is 120 Å². The van der Waals surface area contributed by atoms with E-state index in [1.165, 1.54) is 51.4 Å². The maximum absolute atomic E-state index is 13.7. The molecule has 0 bridgehead atoms. The highest BCUT2D eigenvalue weighted by Crippen LogP contribution is 2.77. The van der Waals surface area contributed by atoms with Crippen molar-refractivity contribution in [1.29, 1.82) is 0 Å². The molecular formula is C30H50O. The molecule has 0 aromatic heterocycles. The second-order valence-electron chi connectivity index (χ2n) is 15.0. The number of fused-ring (bicyclic) bond motifs is 7. The lowest BCUT2D eigenvalue weighted by Gasteiger charge is -2.72. The molecule has 0 aliphatic heterocycles. The average molecular weight is 427 g/mol. The largest absolute Gasteiger partial charge is 0.299 e. The summed E-state index contributed by atoms with van der Waals surface area (Å²) >= 11 is 0. The van der Waals surface area contributed by atoms with Crippen LogP contribution in [-0.2, 0) is 4.79 Å². The van der Waals surface area contributed by atoms with Crippen LogP contribution in [-0.4, -0.2) is 5.78 Å². The van der Waals surface area contributed by atoms with Gasteiger partial charge in [0.15, 0.2) is 0 Å². The van der Waals surface area contributed by atoms with Gasteiger partial charge >= 0.3 is 0 Å². The molecule has 31 heavy (non-hydrogen) atoms. The minimum atomic E-state index is -0.0867. The van der Waals surface area contributed by atoms with E-state index >= 15 is 0 Å². The summed E-state index contributed by atoms with van der Waals surface area (Å²) in [6.07, 6.45) is 13.0. The van der Waals surface area contributed by atoms with Crippen molar-refractivity contribution in [2.24, 2.45) is 62.6 Å². The third-order valence-electron chi connectivity index (χ3n) is 13.4. The smallest absolute Gasteiger partial charge is 0.139 e. The zero-order chi connectivity index (χ0) is 22.6. The zero-order valence-corrected chi connectivity index (χ0v) is 21.9. The Kier molecular flexibility index (Phi) is 4.80. The fourth-order valence-corrected chi connectivity index (χ4v) is 11.5. The molecule has 5 rings (SSSR count). The summed E-state index contributed by atoms with van der Waals surface area (Å²) < 4.78 is 0. The van der Waals surface area contributed by atoms with Gasteiger partial charge in [-0.2, -0.15) is 0 Å². The molecular weight excluding hydrogens is 376 g/mol. The molecule has 0 radical (unpaired) electrons. The second kappa shape index (κ2) is 6.63. The number of rotatable bonds is 1. The number of Topliss-reactive ketones (excluding diaryl/α,β-unsaturated/α-hetero) is 1. The molecule has 0 amide bonds. The lowest BCUT2D eigenvalue weighted by molar-refractivity contribution is -0.231. The third-order valence-corrected chi connectivity index (χ3v) is 13.4. The molecule has 9 atom stereocenters. The van der Waals surface area contributed by atoms with Gasteiger partial charge in [0.1, 0.15) is 5.78 Å². The van der Waals surface area contributed by atoms with E-state index in [0.717, 1.165) is 36.5 Å². The Bertz CT molecular complexity index is 764. The van der Waals surface area contributed by atoms with Crippen molar-refractivity contribution in [3.8, 4) is 0 Å². The second-order valence-corrected chi connectivity index (χ2v) is 15.0. The summed E-state index contributed by atoms with van der Waals surface area (Å²) in [5, 5.41) is 0. The predicted molar refractivity (Wildman–Crippen MR) is 130 cm³/mol. The molecule has 1 nitrogen and oxygen atoms in total. The molecule has 5 aliphatic carbocycles. The number of carbonyl (C=O) groups excluding carboxylic acids is 1. The Labute approximate surface area is 192 Å². The first-order chi connectivity index (χ1) is 14.3. The van der Waals surface area contributed by atoms with Crippen molar-refractivity contribution in [1.82, 2.24) is 0 Å². The maximum atomic E-state index is 13.7. The first-order valence-electron chi connectivity index (χ1n) is 13.8. The Morgan fingerprint density at radius 2 is 1.45 bits per heavy atom. The van der Waals surface area contributed by atoms with Crippen LogP contribution in [0.3, 0.4) is 0 Å². The summed E-state index contributed by atoms with van der Waals surface area (Å²) in [6.45, 7) is 20.4. The SMILES string of the molecule is CC(C)[C@@H]1CC[C@]2(C)CC[C@]3(C)[C@H](CC[C@@H]4[C@@]5(C)C(=O)CCC(C)(C)[C@@H]5CC[C@@]43C)[C@@H]12. The number of carbonyl (C=O) groups is 1. The molecule has 0 unspecified atom stereocenters. The fourth-order valence-electron chi connectivity index (χ4n) is 11.5. The Morgan fingerprint density at radius 1 is 0.742 bits per heavy atom. The number of hydrogen-bond donors (Lipinski definition) is 0. The van der Waals surface area contributed by atoms with E-state index < -0.39 is 0 Å². The summed E-state index contributed by atoms with van der Waals surface area (Å²) in [7, 11) is 0. The monoisotopic (exact) mass is 426 g/mol. The fraction of sp³-hybridized carbons (Fsp3) is 0.967. The molecule has 5 aliphatic rings. The van der Waals surface area contributed by atoms with Crippen LogP contribution < -0.4 is 0 Å². The molecule has 1 heteroatoms. The quantitative estimate of drug-likeness (QED) is 0.412. The van der Waals surface area contributed by atoms with Crippen LogP contribution >= 0.6 is 0 Å². The van der Waals surface area contributed by atoms with Crippen molar-refractivity contribution in [2.75, 3.05) is 0 Å². The van der Waals surface area contributed by atoms with Gasteiger partial charge in [-0.25, -0.2) is 0 Å². The van der Waals surface area contributed by atoms with Crippen molar-refractivity contribution in [3.63, 3.8) is 0 Å². The van der Waals surface area contributed by atoms with Crippen molar-refractivity contribution < 1.29 is 4.79 Å². The van der Waals surface area contributed by atoms with E-state index in [1.807, 2.05) is 0 Å². The summed E-state index contributed by atoms with van der Waals surface area (Å²) in [5.41, 5.74) is 1.55. The zero-order valence-electron chi connectivity index (χ0n) is 21.9. The first-order valence-corrected chi connectivity index (χ1v) is 13.8. The van der Waals surface area contributed by atoms with Gasteiger partial charge in [0, 0.05) is 11.8 Å². The highest BCUT2D eigenvalue weighted by molar-refractivity contribution is 5.86. The summed E-state index contributed by atoms with van der Waals surface area (Å²) in [6, 6.07) is 0. The van der Waals surface area contributed by atoms with E-state index in [2.05, 4.69) is 55.4 Å². The van der Waals surface area contributed by atoms with E-state index in [1.54, 1.807) is 0 Å². The van der Waals surface area contributed by atoms with Gasteiger partial charge in [0.05, 0.1) is 0 Å². The molecule has 5 fully saturated rings. The van der Waals surface area contributed by atoms with E-state index in [4.69, 9.17) is 0 Å². The summed E-state index contributed by atoms with van der Waals surface area (Å²) in [5.74, 6) is 5.31. The topological polar surface area (TPSA) is 17.1 Å². The maximum Gasteiger partial charge on any atom is 0.139 e. The minimum absolute atomic E-state index is 0.0867. The highest BCUT2D eigenvalue weighted by atomic mass is 16.1. The molecule has 5 saturated carbocycles. The van der Waals surface area contributed by atoms with Crippen LogP contribution in [0.5, 0.6) is 0 Å². The molecule has 0 spiro atoms. The van der Waals surface area contributed by atoms with Gasteiger partial charge < -0.3 is 0 Å². The Balaban J connectivity index is 1.57. The molecule has 0 aromatic carbocycles. The van der Waals surface area contributed by atoms with E-state index in [0.29, 0.717) is 39.3 Å². The summed E-state index contributed by atoms with van der Waals surface area (Å²) in [4.78, 5) is 13.7. The van der Waals surface area contributed by atoms with Crippen LogP contribution in [0.2, 0.25) is 0 Å². The molecule has 0 saturated heterocycles. The van der Waals surface area contributed by atoms with Gasteiger partial charge in [-0.1, -0.05) is 55.4 Å². The van der Waals surface area contributed by atoms with Crippen LogP contribution in [0.15, 0.2) is 0 Å². The molecule has 0 aromatic rings. The van der Waals surface area contributed by atoms with Gasteiger partial charge in [-0.15, -0.1) is 0 Å². The molecule has 0 N–H and O–H groups in total. The Morgan fingerprint density at radius 3 is 2.13 bits per heavy atom. The average Bonchev–Trinajstić information content (AvgIpc) is 3.04. The Hall–Kier alpha value is -0.330. The predicted octanol–water partition coefficient (Wildman–Crippen LogP) is 8.31. The minimum Gasteiger partial charge on any atom is -0.299 e. The first kappa shape index (κ1) is 22.5. The van der Waals surface area contributed by atoms with Crippen LogP contribution in [0.4, 0.5) is 0 Å². The lowest BCUT2D eigenvalue weighted by atomic mass is 9.32. The van der Waals surface area contributed by atoms with E-state index in [9.17, 15) is 4.79 Å². The molecule has 0 heterocycles. The lowest BCUT2D eigenvalue weighted by Crippen LogP contribution is -2.67. The standard InChI is InChI=1S/C30H50O/c1-19(2)20-11-15-27(5)17-18-28(6)21(25(20)27)9-10-23-29(28,7)16-12-22-26(3,4)14-13-24(31)30(22,23)8/h19-23,25H,9-18H2,1-8H3/t20-,21+,22-,23-,25+,27+,28+,29-,30-/m0/s1. The van der Waals surface area contributed by atoms with Gasteiger partial charge in [-0.3, -0.25) is 4.79 Å². The van der Waals surface area contributed by atoms with Crippen molar-refractivity contribution in [2.45, 2.75) is 120 Å². The van der Waals surface area contributed by atoms with Gasteiger partial charge in [-0.05, 0) is 115 Å². The number of ketones is 1. The van der Waals surface area contributed by atoms with E-state index in [-0.39, 0.29) is 5.41 Å². The number of hydrogen-bond acceptors (Lipinski definition) is 1. The van der Waals surface area contributed by atoms with Crippen LogP contribution in [0.25, 0.3) is 0 Å². The van der Waals surface area contributed by atoms with Crippen LogP contribution in [0, 0.1) is 62.6 Å². The van der Waals surface area contributed by atoms with Gasteiger partial charge in [0.25, 0.3) is 0 Å². The normalized spacial score (nSPS) is 55.9. The van der Waals surface area contributed by atoms with Gasteiger partial charge in [0.2, 0.25) is 0 Å². The highest BCUT2D eigenvalue weighted by Gasteiger charge is 2.71.